The van der Waals surface area contributed by atoms with Crippen molar-refractivity contribution in [2.75, 3.05) is 14.2 Å². The monoisotopic (exact) mass is 510 g/mol. The van der Waals surface area contributed by atoms with Crippen molar-refractivity contribution in [1.82, 2.24) is 4.90 Å². The minimum atomic E-state index is 0.724. The van der Waals surface area contributed by atoms with Crippen molar-refractivity contribution in [2.45, 2.75) is 32.7 Å². The molecule has 4 nitrogen and oxygen atoms in total. The van der Waals surface area contributed by atoms with Gasteiger partial charge in [0.05, 0.1) is 19.9 Å². The van der Waals surface area contributed by atoms with E-state index in [4.69, 9.17) is 14.5 Å². The molecule has 5 heteroatoms. The smallest absolute Gasteiger partial charge is 0.165 e. The molecular formula is C32H34N2O2S. The Morgan fingerprint density at radius 1 is 0.703 bits per heavy atom. The predicted molar refractivity (Wildman–Crippen MR) is 156 cm³/mol. The van der Waals surface area contributed by atoms with Crippen LogP contribution in [0.1, 0.15) is 27.8 Å². The van der Waals surface area contributed by atoms with Crippen LogP contribution in [-0.4, -0.2) is 24.3 Å². The lowest BCUT2D eigenvalue weighted by molar-refractivity contribution is 0.405. The third kappa shape index (κ3) is 7.64. The highest BCUT2D eigenvalue weighted by Crippen LogP contribution is 2.27. The van der Waals surface area contributed by atoms with Gasteiger partial charge in [-0.1, -0.05) is 78.5 Å². The van der Waals surface area contributed by atoms with E-state index in [0.29, 0.717) is 0 Å². The molecule has 0 heterocycles. The predicted octanol–water partition coefficient (Wildman–Crippen LogP) is 7.94. The highest BCUT2D eigenvalue weighted by Gasteiger charge is 2.16. The number of rotatable bonds is 9. The highest BCUT2D eigenvalue weighted by molar-refractivity contribution is 8.13. The molecule has 0 aromatic heterocycles. The fourth-order valence-corrected chi connectivity index (χ4v) is 4.92. The van der Waals surface area contributed by atoms with Gasteiger partial charge >= 0.3 is 0 Å². The van der Waals surface area contributed by atoms with Crippen molar-refractivity contribution in [3.05, 3.63) is 125 Å². The zero-order valence-corrected chi connectivity index (χ0v) is 22.8. The summed E-state index contributed by atoms with van der Waals surface area (Å²) in [7, 11) is 3.39. The van der Waals surface area contributed by atoms with Crippen LogP contribution >= 0.6 is 11.8 Å². The first-order valence-corrected chi connectivity index (χ1v) is 13.4. The number of ether oxygens (including phenoxy) is 2. The molecular weight excluding hydrogens is 476 g/mol. The second kappa shape index (κ2) is 13.0. The molecule has 0 amide bonds. The Morgan fingerprint density at radius 3 is 1.81 bits per heavy atom. The lowest BCUT2D eigenvalue weighted by atomic mass is 10.1. The third-order valence-electron chi connectivity index (χ3n) is 6.13. The van der Waals surface area contributed by atoms with Gasteiger partial charge in [0, 0.05) is 18.8 Å². The van der Waals surface area contributed by atoms with Gasteiger partial charge < -0.3 is 14.4 Å². The number of nitrogens with zero attached hydrogens (tertiary/aromatic N) is 2. The Morgan fingerprint density at radius 2 is 1.27 bits per heavy atom. The summed E-state index contributed by atoms with van der Waals surface area (Å²) >= 11 is 1.77. The average molecular weight is 511 g/mol. The van der Waals surface area contributed by atoms with Crippen LogP contribution in [0.15, 0.2) is 102 Å². The number of amidine groups is 1. The average Bonchev–Trinajstić information content (AvgIpc) is 2.94. The van der Waals surface area contributed by atoms with Crippen LogP contribution in [0.2, 0.25) is 0 Å². The SMILES string of the molecule is COc1ccc(CN(Cc2ccc(OC)cc2)C(=Nc2cc(C)ccc2C)SCc2ccccc2)cc1. The molecule has 0 unspecified atom stereocenters. The molecule has 0 saturated carbocycles. The van der Waals surface area contributed by atoms with Gasteiger partial charge in [0.1, 0.15) is 11.5 Å². The summed E-state index contributed by atoms with van der Waals surface area (Å²) < 4.78 is 10.8. The van der Waals surface area contributed by atoms with E-state index in [9.17, 15) is 0 Å². The summed E-state index contributed by atoms with van der Waals surface area (Å²) in [6.07, 6.45) is 0. The number of aryl methyl sites for hydroxylation is 2. The van der Waals surface area contributed by atoms with Gasteiger partial charge in [0.25, 0.3) is 0 Å². The summed E-state index contributed by atoms with van der Waals surface area (Å²) in [4.78, 5) is 7.61. The molecule has 0 fully saturated rings. The summed E-state index contributed by atoms with van der Waals surface area (Å²) in [5.41, 5.74) is 7.04. The number of aliphatic imine (C=N–C) groups is 1. The molecule has 0 aliphatic heterocycles. The Hall–Kier alpha value is -3.70. The van der Waals surface area contributed by atoms with Gasteiger partial charge in [-0.15, -0.1) is 0 Å². The quantitative estimate of drug-likeness (QED) is 0.169. The lowest BCUT2D eigenvalue weighted by Gasteiger charge is -2.27. The number of hydrogen-bond acceptors (Lipinski definition) is 4. The van der Waals surface area contributed by atoms with Crippen LogP contribution in [0.5, 0.6) is 11.5 Å². The molecule has 0 spiro atoms. The minimum absolute atomic E-state index is 0.724. The van der Waals surface area contributed by atoms with Crippen LogP contribution in [0.3, 0.4) is 0 Å². The van der Waals surface area contributed by atoms with Crippen molar-refractivity contribution < 1.29 is 9.47 Å². The van der Waals surface area contributed by atoms with Crippen LogP contribution < -0.4 is 9.47 Å². The molecule has 4 rings (SSSR count). The van der Waals surface area contributed by atoms with Crippen LogP contribution in [0, 0.1) is 13.8 Å². The van der Waals surface area contributed by atoms with Crippen LogP contribution in [0.25, 0.3) is 0 Å². The van der Waals surface area contributed by atoms with Gasteiger partial charge in [0.15, 0.2) is 5.17 Å². The first-order chi connectivity index (χ1) is 18.0. The van der Waals surface area contributed by atoms with E-state index in [0.717, 1.165) is 46.8 Å². The molecule has 37 heavy (non-hydrogen) atoms. The van der Waals surface area contributed by atoms with E-state index in [1.807, 2.05) is 24.3 Å². The molecule has 0 bridgehead atoms. The van der Waals surface area contributed by atoms with E-state index >= 15 is 0 Å². The first-order valence-electron chi connectivity index (χ1n) is 12.4. The minimum Gasteiger partial charge on any atom is -0.497 e. The van der Waals surface area contributed by atoms with Crippen LogP contribution in [0.4, 0.5) is 5.69 Å². The lowest BCUT2D eigenvalue weighted by Crippen LogP contribution is -2.28. The maximum atomic E-state index is 5.38. The molecule has 0 saturated heterocycles. The number of methoxy groups -OCH3 is 2. The topological polar surface area (TPSA) is 34.1 Å². The van der Waals surface area contributed by atoms with Crippen molar-refractivity contribution in [3.63, 3.8) is 0 Å². The molecule has 4 aromatic carbocycles. The Labute approximate surface area is 225 Å². The van der Waals surface area contributed by atoms with Crippen molar-refractivity contribution >= 4 is 22.6 Å². The van der Waals surface area contributed by atoms with Gasteiger partial charge in [0.2, 0.25) is 0 Å². The standard InChI is InChI=1S/C32H34N2O2S/c1-24-10-11-25(2)31(20-24)33-32(37-23-28-8-6-5-7-9-28)34(21-26-12-16-29(35-3)17-13-26)22-27-14-18-30(36-4)19-15-27/h5-20H,21-23H2,1-4H3. The second-order valence-electron chi connectivity index (χ2n) is 9.01. The summed E-state index contributed by atoms with van der Waals surface area (Å²) in [5, 5.41) is 0.990. The summed E-state index contributed by atoms with van der Waals surface area (Å²) in [6.45, 7) is 5.68. The van der Waals surface area contributed by atoms with E-state index in [1.165, 1.54) is 22.3 Å². The van der Waals surface area contributed by atoms with Crippen molar-refractivity contribution in [3.8, 4) is 11.5 Å². The summed E-state index contributed by atoms with van der Waals surface area (Å²) in [5.74, 6) is 2.55. The van der Waals surface area contributed by atoms with Gasteiger partial charge in [-0.05, 0) is 72.0 Å². The zero-order valence-electron chi connectivity index (χ0n) is 22.0. The molecule has 4 aromatic rings. The number of hydrogen-bond donors (Lipinski definition) is 0. The van der Waals surface area contributed by atoms with E-state index in [2.05, 4.69) is 91.5 Å². The normalized spacial score (nSPS) is 11.3. The molecule has 0 radical (unpaired) electrons. The molecule has 0 atom stereocenters. The van der Waals surface area contributed by atoms with Gasteiger partial charge in [-0.25, -0.2) is 4.99 Å². The molecule has 0 aliphatic rings. The van der Waals surface area contributed by atoms with Crippen molar-refractivity contribution in [2.24, 2.45) is 4.99 Å². The first kappa shape index (κ1) is 26.4. The molecule has 190 valence electrons. The fourth-order valence-electron chi connectivity index (χ4n) is 3.95. The Balaban J connectivity index is 1.72. The fraction of sp³-hybridized carbons (Fsp3) is 0.219. The van der Waals surface area contributed by atoms with Gasteiger partial charge in [-0.2, -0.15) is 0 Å². The molecule has 0 N–H and O–H groups in total. The van der Waals surface area contributed by atoms with E-state index in [-0.39, 0.29) is 0 Å². The zero-order chi connectivity index (χ0) is 26.0. The maximum Gasteiger partial charge on any atom is 0.165 e. The van der Waals surface area contributed by atoms with Gasteiger partial charge in [-0.3, -0.25) is 0 Å². The summed E-state index contributed by atoms with van der Waals surface area (Å²) in [6, 6.07) is 33.5. The van der Waals surface area contributed by atoms with E-state index < -0.39 is 0 Å². The second-order valence-corrected chi connectivity index (χ2v) is 9.95. The Kier molecular flexibility index (Phi) is 9.28. The maximum absolute atomic E-state index is 5.38. The highest BCUT2D eigenvalue weighted by atomic mass is 32.2. The van der Waals surface area contributed by atoms with E-state index in [1.54, 1.807) is 26.0 Å². The number of thioether (sulfide) groups is 1. The third-order valence-corrected chi connectivity index (χ3v) is 7.21. The molecule has 0 aliphatic carbocycles. The van der Waals surface area contributed by atoms with Crippen LogP contribution in [-0.2, 0) is 18.8 Å². The van der Waals surface area contributed by atoms with Crippen molar-refractivity contribution in [1.29, 1.82) is 0 Å². The number of benzene rings is 4. The Bertz CT molecular complexity index is 1250. The largest absolute Gasteiger partial charge is 0.497 e.